The molecular weight excluding hydrogens is 368 g/mol. The molecule has 5 heteroatoms. The van der Waals surface area contributed by atoms with E-state index < -0.39 is 0 Å². The maximum absolute atomic E-state index is 9.81. The molecule has 0 spiro atoms. The SMILES string of the molecule is OC(=CCCCOc1ccccc1)COCC(O)=CCCCOc1ccccc1. The van der Waals surface area contributed by atoms with Crippen molar-refractivity contribution in [3.63, 3.8) is 0 Å². The predicted octanol–water partition coefficient (Wildman–Crippen LogP) is 5.61. The highest BCUT2D eigenvalue weighted by molar-refractivity contribution is 5.21. The molecule has 0 aliphatic rings. The van der Waals surface area contributed by atoms with Crippen molar-refractivity contribution in [1.82, 2.24) is 0 Å². The third kappa shape index (κ3) is 10.9. The number of aliphatic hydroxyl groups is 2. The van der Waals surface area contributed by atoms with Gasteiger partial charge in [-0.15, -0.1) is 0 Å². The van der Waals surface area contributed by atoms with Crippen LogP contribution in [0.3, 0.4) is 0 Å². The van der Waals surface area contributed by atoms with Crippen molar-refractivity contribution in [2.75, 3.05) is 26.4 Å². The van der Waals surface area contributed by atoms with Gasteiger partial charge >= 0.3 is 0 Å². The van der Waals surface area contributed by atoms with Crippen molar-refractivity contribution in [3.05, 3.63) is 84.3 Å². The highest BCUT2D eigenvalue weighted by Crippen LogP contribution is 2.10. The first-order valence-corrected chi connectivity index (χ1v) is 9.93. The Kier molecular flexibility index (Phi) is 10.9. The number of benzene rings is 2. The first-order chi connectivity index (χ1) is 14.2. The molecule has 156 valence electrons. The summed E-state index contributed by atoms with van der Waals surface area (Å²) in [6.07, 6.45) is 6.44. The Morgan fingerprint density at radius 1 is 0.655 bits per heavy atom. The van der Waals surface area contributed by atoms with Gasteiger partial charge in [0.1, 0.15) is 36.2 Å². The predicted molar refractivity (Wildman–Crippen MR) is 115 cm³/mol. The van der Waals surface area contributed by atoms with Crippen molar-refractivity contribution < 1.29 is 24.4 Å². The second-order valence-corrected chi connectivity index (χ2v) is 6.49. The normalized spacial score (nSPS) is 12.0. The Labute approximate surface area is 172 Å². The van der Waals surface area contributed by atoms with Gasteiger partial charge in [0.25, 0.3) is 0 Å². The van der Waals surface area contributed by atoms with Crippen LogP contribution in [-0.4, -0.2) is 36.6 Å². The van der Waals surface area contributed by atoms with Crippen LogP contribution in [0.2, 0.25) is 0 Å². The molecule has 2 N–H and O–H groups in total. The summed E-state index contributed by atoms with van der Waals surface area (Å²) in [5.74, 6) is 2.01. The quantitative estimate of drug-likeness (QED) is 0.320. The summed E-state index contributed by atoms with van der Waals surface area (Å²) in [7, 11) is 0. The summed E-state index contributed by atoms with van der Waals surface area (Å²) in [4.78, 5) is 0. The standard InChI is InChI=1S/C24H30O5/c25-21(11-7-9-17-28-23-13-3-1-4-14-23)19-27-20-22(26)12-8-10-18-29-24-15-5-2-6-16-24/h1-6,11-16,25-26H,7-10,17-20H2. The van der Waals surface area contributed by atoms with Crippen LogP contribution in [0.5, 0.6) is 11.5 Å². The van der Waals surface area contributed by atoms with Crippen LogP contribution in [0.15, 0.2) is 84.3 Å². The molecule has 0 amide bonds. The number of hydrogen-bond acceptors (Lipinski definition) is 5. The van der Waals surface area contributed by atoms with Crippen LogP contribution in [-0.2, 0) is 4.74 Å². The number of para-hydroxylation sites is 2. The summed E-state index contributed by atoms with van der Waals surface area (Å²) in [5.41, 5.74) is 0. The summed E-state index contributed by atoms with van der Waals surface area (Å²) < 4.78 is 16.5. The molecule has 0 saturated carbocycles. The number of rotatable bonds is 14. The lowest BCUT2D eigenvalue weighted by molar-refractivity contribution is 0.121. The Hall–Kier alpha value is -2.92. The van der Waals surface area contributed by atoms with Gasteiger partial charge in [-0.2, -0.15) is 0 Å². The van der Waals surface area contributed by atoms with E-state index >= 15 is 0 Å². The summed E-state index contributed by atoms with van der Waals surface area (Å²) in [6, 6.07) is 19.3. The maximum atomic E-state index is 9.81. The minimum absolute atomic E-state index is 0.0779. The van der Waals surface area contributed by atoms with E-state index in [4.69, 9.17) is 14.2 Å². The molecule has 0 atom stereocenters. The second-order valence-electron chi connectivity index (χ2n) is 6.49. The highest BCUT2D eigenvalue weighted by Gasteiger charge is 1.98. The lowest BCUT2D eigenvalue weighted by atomic mass is 10.3. The number of ether oxygens (including phenoxy) is 3. The lowest BCUT2D eigenvalue weighted by Gasteiger charge is -2.06. The van der Waals surface area contributed by atoms with Gasteiger partial charge < -0.3 is 24.4 Å². The fourth-order valence-corrected chi connectivity index (χ4v) is 2.50. The minimum atomic E-state index is 0.0779. The van der Waals surface area contributed by atoms with E-state index in [1.54, 1.807) is 12.2 Å². The number of hydrogen-bond donors (Lipinski definition) is 2. The second kappa shape index (κ2) is 14.1. The largest absolute Gasteiger partial charge is 0.510 e. The Balaban J connectivity index is 1.47. The summed E-state index contributed by atoms with van der Waals surface area (Å²) >= 11 is 0. The average molecular weight is 398 g/mol. The van der Waals surface area contributed by atoms with Crippen LogP contribution in [0.25, 0.3) is 0 Å². The van der Waals surface area contributed by atoms with E-state index in [1.165, 1.54) is 0 Å². The van der Waals surface area contributed by atoms with Crippen LogP contribution in [0, 0.1) is 0 Å². The zero-order chi connectivity index (χ0) is 20.6. The van der Waals surface area contributed by atoms with Crippen LogP contribution >= 0.6 is 0 Å². The van der Waals surface area contributed by atoms with Gasteiger partial charge in [0, 0.05) is 0 Å². The van der Waals surface area contributed by atoms with Crippen molar-refractivity contribution in [2.24, 2.45) is 0 Å². The van der Waals surface area contributed by atoms with Gasteiger partial charge in [-0.1, -0.05) is 36.4 Å². The molecule has 5 nitrogen and oxygen atoms in total. The Morgan fingerprint density at radius 3 is 1.48 bits per heavy atom. The number of unbranched alkanes of at least 4 members (excludes halogenated alkanes) is 2. The van der Waals surface area contributed by atoms with Gasteiger partial charge in [0.15, 0.2) is 0 Å². The summed E-state index contributed by atoms with van der Waals surface area (Å²) in [5, 5.41) is 19.6. The molecule has 0 aliphatic carbocycles. The molecule has 0 heterocycles. The average Bonchev–Trinajstić information content (AvgIpc) is 2.75. The van der Waals surface area contributed by atoms with E-state index in [0.29, 0.717) is 26.1 Å². The van der Waals surface area contributed by atoms with Crippen LogP contribution in [0.4, 0.5) is 0 Å². The molecule has 2 aromatic carbocycles. The van der Waals surface area contributed by atoms with Gasteiger partial charge in [0.2, 0.25) is 0 Å². The van der Waals surface area contributed by atoms with Gasteiger partial charge in [-0.3, -0.25) is 0 Å². The lowest BCUT2D eigenvalue weighted by Crippen LogP contribution is -2.03. The zero-order valence-corrected chi connectivity index (χ0v) is 16.7. The molecule has 0 bridgehead atoms. The smallest absolute Gasteiger partial charge is 0.119 e. The van der Waals surface area contributed by atoms with E-state index in [2.05, 4.69) is 0 Å². The molecule has 0 aromatic heterocycles. The van der Waals surface area contributed by atoms with E-state index in [9.17, 15) is 10.2 Å². The van der Waals surface area contributed by atoms with Crippen molar-refractivity contribution in [3.8, 4) is 11.5 Å². The van der Waals surface area contributed by atoms with Gasteiger partial charge in [-0.25, -0.2) is 0 Å². The van der Waals surface area contributed by atoms with E-state index in [0.717, 1.165) is 24.3 Å². The molecule has 0 unspecified atom stereocenters. The molecule has 29 heavy (non-hydrogen) atoms. The van der Waals surface area contributed by atoms with E-state index in [-0.39, 0.29) is 24.7 Å². The van der Waals surface area contributed by atoms with Crippen LogP contribution < -0.4 is 9.47 Å². The first kappa shape index (κ1) is 22.4. The van der Waals surface area contributed by atoms with Gasteiger partial charge in [0.05, 0.1) is 13.2 Å². The Morgan fingerprint density at radius 2 is 1.07 bits per heavy atom. The third-order valence-corrected chi connectivity index (χ3v) is 3.98. The first-order valence-electron chi connectivity index (χ1n) is 9.93. The van der Waals surface area contributed by atoms with Crippen molar-refractivity contribution in [2.45, 2.75) is 25.7 Å². The van der Waals surface area contributed by atoms with Crippen molar-refractivity contribution in [1.29, 1.82) is 0 Å². The topological polar surface area (TPSA) is 68.2 Å². The fourth-order valence-electron chi connectivity index (χ4n) is 2.50. The Bertz CT molecular complexity index is 662. The van der Waals surface area contributed by atoms with Gasteiger partial charge in [-0.05, 0) is 62.1 Å². The van der Waals surface area contributed by atoms with Crippen LogP contribution in [0.1, 0.15) is 25.7 Å². The van der Waals surface area contributed by atoms with Crippen molar-refractivity contribution >= 4 is 0 Å². The highest BCUT2D eigenvalue weighted by atomic mass is 16.5. The fraction of sp³-hybridized carbons (Fsp3) is 0.333. The minimum Gasteiger partial charge on any atom is -0.510 e. The third-order valence-electron chi connectivity index (χ3n) is 3.98. The molecule has 0 radical (unpaired) electrons. The zero-order valence-electron chi connectivity index (χ0n) is 16.7. The number of aliphatic hydroxyl groups excluding tert-OH is 2. The molecule has 2 rings (SSSR count). The molecule has 0 aliphatic heterocycles. The monoisotopic (exact) mass is 398 g/mol. The summed E-state index contributed by atoms with van der Waals surface area (Å²) in [6.45, 7) is 1.33. The molecule has 0 fully saturated rings. The molecule has 2 aromatic rings. The number of allylic oxidation sites excluding steroid dienone is 2. The van der Waals surface area contributed by atoms with E-state index in [1.807, 2.05) is 60.7 Å². The molecule has 0 saturated heterocycles. The maximum Gasteiger partial charge on any atom is 0.119 e. The molecular formula is C24H30O5.